The number of rotatable bonds is 4. The van der Waals surface area contributed by atoms with E-state index in [1.165, 1.54) is 36.2 Å². The van der Waals surface area contributed by atoms with Crippen LogP contribution >= 0.6 is 0 Å². The third-order valence-corrected chi connectivity index (χ3v) is 3.80. The number of cyclic esters (lactones) is 1. The van der Waals surface area contributed by atoms with Crippen molar-refractivity contribution in [3.8, 4) is 11.1 Å². The highest BCUT2D eigenvalue weighted by molar-refractivity contribution is 5.90. The number of pyridine rings is 1. The first-order valence-electron chi connectivity index (χ1n) is 7.65. The first-order chi connectivity index (χ1) is 11.9. The molecule has 1 atom stereocenters. The molecule has 1 saturated heterocycles. The van der Waals surface area contributed by atoms with E-state index in [0.717, 1.165) is 0 Å². The van der Waals surface area contributed by atoms with Crippen LogP contribution in [0.1, 0.15) is 6.92 Å². The summed E-state index contributed by atoms with van der Waals surface area (Å²) >= 11 is 0. The van der Waals surface area contributed by atoms with Gasteiger partial charge < -0.3 is 15.0 Å². The maximum absolute atomic E-state index is 14.5. The zero-order valence-corrected chi connectivity index (χ0v) is 13.4. The highest BCUT2D eigenvalue weighted by atomic mass is 19.1. The Bertz CT molecular complexity index is 880. The van der Waals surface area contributed by atoms with Crippen LogP contribution in [0.15, 0.2) is 41.3 Å². The number of nitrogens with zero attached hydrogens (tertiary/aromatic N) is 1. The number of hydrogen-bond acceptors (Lipinski definition) is 4. The summed E-state index contributed by atoms with van der Waals surface area (Å²) in [5.41, 5.74) is 0.726. The molecule has 0 spiro atoms. The topological polar surface area (TPSA) is 91.5 Å². The number of nitrogens with one attached hydrogen (secondary N) is 2. The number of amides is 2. The van der Waals surface area contributed by atoms with Crippen molar-refractivity contribution >= 4 is 17.7 Å². The summed E-state index contributed by atoms with van der Waals surface area (Å²) in [6, 6.07) is 7.20. The van der Waals surface area contributed by atoms with E-state index in [4.69, 9.17) is 4.74 Å². The molecule has 2 N–H and O–H groups in total. The maximum Gasteiger partial charge on any atom is 0.414 e. The lowest BCUT2D eigenvalue weighted by Gasteiger charge is -2.14. The van der Waals surface area contributed by atoms with Crippen molar-refractivity contribution in [2.24, 2.45) is 0 Å². The van der Waals surface area contributed by atoms with Crippen molar-refractivity contribution in [1.82, 2.24) is 10.3 Å². The van der Waals surface area contributed by atoms with Gasteiger partial charge in [-0.25, -0.2) is 9.18 Å². The van der Waals surface area contributed by atoms with E-state index in [1.54, 1.807) is 12.1 Å². The molecule has 1 aliphatic rings. The molecule has 1 unspecified atom stereocenters. The van der Waals surface area contributed by atoms with E-state index in [1.807, 2.05) is 0 Å². The van der Waals surface area contributed by atoms with Gasteiger partial charge >= 0.3 is 6.09 Å². The number of aromatic nitrogens is 1. The van der Waals surface area contributed by atoms with Crippen LogP contribution in [-0.4, -0.2) is 36.2 Å². The minimum Gasteiger partial charge on any atom is -0.442 e. The van der Waals surface area contributed by atoms with Gasteiger partial charge in [0, 0.05) is 24.8 Å². The Labute approximate surface area is 142 Å². The number of carbonyl (C=O) groups excluding carboxylic acids is 2. The van der Waals surface area contributed by atoms with Gasteiger partial charge in [-0.2, -0.15) is 0 Å². The minimum atomic E-state index is -0.598. The zero-order chi connectivity index (χ0) is 18.0. The number of halogens is 1. The fourth-order valence-electron chi connectivity index (χ4n) is 2.61. The predicted molar refractivity (Wildman–Crippen MR) is 88.8 cm³/mol. The molecule has 130 valence electrons. The lowest BCUT2D eigenvalue weighted by atomic mass is 10.1. The van der Waals surface area contributed by atoms with Crippen LogP contribution in [0.2, 0.25) is 0 Å². The molecular weight excluding hydrogens is 329 g/mol. The first-order valence-corrected chi connectivity index (χ1v) is 7.65. The molecule has 1 aliphatic heterocycles. The summed E-state index contributed by atoms with van der Waals surface area (Å²) < 4.78 is 19.6. The van der Waals surface area contributed by atoms with Gasteiger partial charge in [0.1, 0.15) is 11.9 Å². The van der Waals surface area contributed by atoms with Gasteiger partial charge in [0.15, 0.2) is 0 Å². The molecule has 0 saturated carbocycles. The lowest BCUT2D eigenvalue weighted by molar-refractivity contribution is -0.119. The van der Waals surface area contributed by atoms with Crippen molar-refractivity contribution in [2.75, 3.05) is 18.0 Å². The third-order valence-electron chi connectivity index (χ3n) is 3.80. The fraction of sp³-hybridized carbons (Fsp3) is 0.235. The summed E-state index contributed by atoms with van der Waals surface area (Å²) in [6.07, 6.45) is 0.348. The summed E-state index contributed by atoms with van der Waals surface area (Å²) in [4.78, 5) is 38.0. The summed E-state index contributed by atoms with van der Waals surface area (Å²) in [5, 5.41) is 2.58. The first kappa shape index (κ1) is 16.7. The van der Waals surface area contributed by atoms with Gasteiger partial charge in [-0.15, -0.1) is 0 Å². The lowest BCUT2D eigenvalue weighted by Crippen LogP contribution is -2.33. The standard InChI is InChI=1S/C17H16FN3O4/c1-10(22)20-8-13-9-21(17(24)25-13)12-2-3-14(15(18)7-12)11-4-5-19-16(23)6-11/h2-7,13H,8-9H2,1H3,(H,19,23)(H,20,22). The van der Waals surface area contributed by atoms with Gasteiger partial charge in [-0.1, -0.05) is 0 Å². The van der Waals surface area contributed by atoms with Crippen molar-refractivity contribution in [3.05, 3.63) is 52.7 Å². The van der Waals surface area contributed by atoms with Gasteiger partial charge in [0.2, 0.25) is 11.5 Å². The van der Waals surface area contributed by atoms with Gasteiger partial charge in [0.25, 0.3) is 0 Å². The number of H-pyrrole nitrogens is 1. The normalized spacial score (nSPS) is 16.6. The molecule has 2 aromatic rings. The SMILES string of the molecule is CC(=O)NCC1CN(c2ccc(-c3cc[nH]c(=O)c3)c(F)c2)C(=O)O1. The van der Waals surface area contributed by atoms with Crippen molar-refractivity contribution in [3.63, 3.8) is 0 Å². The van der Waals surface area contributed by atoms with Crippen LogP contribution in [0, 0.1) is 5.82 Å². The van der Waals surface area contributed by atoms with E-state index in [-0.39, 0.29) is 30.1 Å². The van der Waals surface area contributed by atoms with E-state index < -0.39 is 18.0 Å². The Balaban J connectivity index is 1.80. The Morgan fingerprint density at radius 2 is 2.16 bits per heavy atom. The van der Waals surface area contributed by atoms with Gasteiger partial charge in [-0.3, -0.25) is 14.5 Å². The number of aromatic amines is 1. The highest BCUT2D eigenvalue weighted by Crippen LogP contribution is 2.28. The van der Waals surface area contributed by atoms with Crippen LogP contribution in [0.5, 0.6) is 0 Å². The van der Waals surface area contributed by atoms with Gasteiger partial charge in [0.05, 0.1) is 18.8 Å². The molecule has 0 aliphatic carbocycles. The van der Waals surface area contributed by atoms with Crippen LogP contribution in [0.3, 0.4) is 0 Å². The smallest absolute Gasteiger partial charge is 0.414 e. The van der Waals surface area contributed by atoms with E-state index in [9.17, 15) is 18.8 Å². The molecule has 1 fully saturated rings. The van der Waals surface area contributed by atoms with Crippen molar-refractivity contribution in [1.29, 1.82) is 0 Å². The monoisotopic (exact) mass is 345 g/mol. The molecule has 25 heavy (non-hydrogen) atoms. The largest absolute Gasteiger partial charge is 0.442 e. The molecule has 2 heterocycles. The molecule has 0 bridgehead atoms. The number of carbonyl (C=O) groups is 2. The molecule has 2 amide bonds. The molecule has 7 nitrogen and oxygen atoms in total. The molecule has 3 rings (SSSR count). The van der Waals surface area contributed by atoms with Crippen LogP contribution in [-0.2, 0) is 9.53 Å². The second kappa shape index (κ2) is 6.76. The van der Waals surface area contributed by atoms with Gasteiger partial charge in [-0.05, 0) is 29.8 Å². The van der Waals surface area contributed by atoms with E-state index in [0.29, 0.717) is 11.3 Å². The molecule has 8 heteroatoms. The summed E-state index contributed by atoms with van der Waals surface area (Å²) in [7, 11) is 0. The Morgan fingerprint density at radius 1 is 1.36 bits per heavy atom. The molecule has 0 radical (unpaired) electrons. The van der Waals surface area contributed by atoms with Crippen LogP contribution in [0.4, 0.5) is 14.9 Å². The zero-order valence-electron chi connectivity index (χ0n) is 13.4. The average Bonchev–Trinajstić information content (AvgIpc) is 2.94. The number of ether oxygens (including phenoxy) is 1. The maximum atomic E-state index is 14.5. The second-order valence-corrected chi connectivity index (χ2v) is 5.66. The number of benzene rings is 1. The van der Waals surface area contributed by atoms with Crippen LogP contribution < -0.4 is 15.8 Å². The number of anilines is 1. The Kier molecular flexibility index (Phi) is 4.51. The quantitative estimate of drug-likeness (QED) is 0.881. The summed E-state index contributed by atoms with van der Waals surface area (Å²) in [6.45, 7) is 1.78. The minimum absolute atomic E-state index is 0.199. The summed E-state index contributed by atoms with van der Waals surface area (Å²) in [5.74, 6) is -0.774. The highest BCUT2D eigenvalue weighted by Gasteiger charge is 2.32. The fourth-order valence-corrected chi connectivity index (χ4v) is 2.61. The molecule has 1 aromatic heterocycles. The predicted octanol–water partition coefficient (Wildman–Crippen LogP) is 1.64. The second-order valence-electron chi connectivity index (χ2n) is 5.66. The average molecular weight is 345 g/mol. The molecule has 1 aromatic carbocycles. The van der Waals surface area contributed by atoms with Crippen molar-refractivity contribution in [2.45, 2.75) is 13.0 Å². The van der Waals surface area contributed by atoms with Crippen molar-refractivity contribution < 1.29 is 18.7 Å². The Hall–Kier alpha value is -3.16. The molecular formula is C17H16FN3O4. The number of hydrogen-bond donors (Lipinski definition) is 2. The van der Waals surface area contributed by atoms with Crippen LogP contribution in [0.25, 0.3) is 11.1 Å². The van der Waals surface area contributed by atoms with E-state index in [2.05, 4.69) is 10.3 Å². The Morgan fingerprint density at radius 3 is 2.84 bits per heavy atom. The van der Waals surface area contributed by atoms with E-state index >= 15 is 0 Å². The third kappa shape index (κ3) is 3.68.